The second kappa shape index (κ2) is 7.13. The van der Waals surface area contributed by atoms with Crippen molar-refractivity contribution >= 4 is 20.4 Å². The van der Waals surface area contributed by atoms with Gasteiger partial charge in [-0.05, 0) is 5.56 Å². The van der Waals surface area contributed by atoms with Crippen LogP contribution in [0.3, 0.4) is 0 Å². The summed E-state index contributed by atoms with van der Waals surface area (Å²) in [6.45, 7) is 0. The normalized spacial score (nSPS) is 13.6. The molecule has 0 aliphatic carbocycles. The average Bonchev–Trinajstić information content (AvgIpc) is 2.42. The summed E-state index contributed by atoms with van der Waals surface area (Å²) >= 11 is 6.03. The average molecular weight is 275 g/mol. The molecule has 17 heavy (non-hydrogen) atoms. The zero-order valence-corrected chi connectivity index (χ0v) is 12.2. The zero-order chi connectivity index (χ0) is 12.7. The maximum absolute atomic E-state index is 6.03. The number of halogens is 1. The van der Waals surface area contributed by atoms with Gasteiger partial charge in [-0.3, -0.25) is 0 Å². The summed E-state index contributed by atoms with van der Waals surface area (Å²) in [6.07, 6.45) is 0. The monoisotopic (exact) mass is 274 g/mol. The Balaban J connectivity index is 2.82. The highest BCUT2D eigenvalue weighted by molar-refractivity contribution is 6.60. The molecule has 5 heteroatoms. The Morgan fingerprint density at radius 2 is 1.59 bits per heavy atom. The van der Waals surface area contributed by atoms with E-state index in [1.807, 2.05) is 18.2 Å². The molecule has 0 spiro atoms. The van der Waals surface area contributed by atoms with Crippen LogP contribution in [0.4, 0.5) is 0 Å². The van der Waals surface area contributed by atoms with E-state index in [9.17, 15) is 0 Å². The molecule has 96 valence electrons. The summed E-state index contributed by atoms with van der Waals surface area (Å²) in [4.78, 5) is 0. The van der Waals surface area contributed by atoms with Crippen LogP contribution in [0, 0.1) is 0 Å². The predicted octanol–water partition coefficient (Wildman–Crippen LogP) is 2.89. The van der Waals surface area contributed by atoms with Gasteiger partial charge < -0.3 is 13.3 Å². The van der Waals surface area contributed by atoms with Crippen molar-refractivity contribution in [2.24, 2.45) is 0 Å². The lowest BCUT2D eigenvalue weighted by atomic mass is 10.0. The molecule has 3 nitrogen and oxygen atoms in total. The number of benzene rings is 1. The maximum atomic E-state index is 6.03. The lowest BCUT2D eigenvalue weighted by Gasteiger charge is -2.28. The zero-order valence-electron chi connectivity index (χ0n) is 10.5. The van der Waals surface area contributed by atoms with Crippen LogP contribution >= 0.6 is 11.6 Å². The highest BCUT2D eigenvalue weighted by atomic mass is 35.5. The number of hydrogen-bond donors (Lipinski definition) is 0. The van der Waals surface area contributed by atoms with Gasteiger partial charge in [0.1, 0.15) is 0 Å². The minimum Gasteiger partial charge on any atom is -0.377 e. The fourth-order valence-electron chi connectivity index (χ4n) is 1.79. The summed E-state index contributed by atoms with van der Waals surface area (Å²) in [5.41, 5.74) is 1.19. The van der Waals surface area contributed by atoms with Crippen LogP contribution in [0.5, 0.6) is 0 Å². The van der Waals surface area contributed by atoms with E-state index in [2.05, 4.69) is 12.1 Å². The van der Waals surface area contributed by atoms with Crippen LogP contribution in [0.15, 0.2) is 30.3 Å². The van der Waals surface area contributed by atoms with Crippen molar-refractivity contribution in [2.45, 2.75) is 12.0 Å². The molecule has 0 aliphatic rings. The van der Waals surface area contributed by atoms with Crippen LogP contribution < -0.4 is 0 Å². The fraction of sp³-hybridized carbons (Fsp3) is 0.500. The molecule has 0 aromatic heterocycles. The van der Waals surface area contributed by atoms with Crippen molar-refractivity contribution in [1.82, 2.24) is 0 Å². The molecular formula is C12H19ClO3Si. The van der Waals surface area contributed by atoms with Gasteiger partial charge in [0.05, 0.1) is 0 Å². The third kappa shape index (κ3) is 3.79. The van der Waals surface area contributed by atoms with Crippen LogP contribution in [0.2, 0.25) is 6.04 Å². The Labute approximate surface area is 109 Å². The Kier molecular flexibility index (Phi) is 6.15. The Hall–Kier alpha value is -0.393. The molecule has 0 saturated carbocycles. The second-order valence-electron chi connectivity index (χ2n) is 3.76. The third-order valence-electron chi connectivity index (χ3n) is 2.89. The minimum absolute atomic E-state index is 0.185. The predicted molar refractivity (Wildman–Crippen MR) is 71.5 cm³/mol. The molecule has 1 rings (SSSR count). The van der Waals surface area contributed by atoms with Gasteiger partial charge in [-0.1, -0.05) is 30.3 Å². The quantitative estimate of drug-likeness (QED) is 0.565. The first-order valence-electron chi connectivity index (χ1n) is 5.47. The van der Waals surface area contributed by atoms with E-state index in [1.54, 1.807) is 21.3 Å². The third-order valence-corrected chi connectivity index (χ3v) is 6.12. The maximum Gasteiger partial charge on any atom is 0.500 e. The molecule has 0 unspecified atom stereocenters. The lowest BCUT2D eigenvalue weighted by Crippen LogP contribution is -2.44. The summed E-state index contributed by atoms with van der Waals surface area (Å²) in [5.74, 6) is 0.707. The van der Waals surface area contributed by atoms with Crippen LogP contribution in [0.1, 0.15) is 11.5 Å². The SMILES string of the molecule is CO[Si](C[C@@H](CCl)c1ccccc1)(OC)OC. The van der Waals surface area contributed by atoms with Crippen LogP contribution in [-0.2, 0) is 13.3 Å². The van der Waals surface area contributed by atoms with E-state index in [4.69, 9.17) is 24.9 Å². The highest BCUT2D eigenvalue weighted by Gasteiger charge is 2.40. The number of alkyl halides is 1. The molecule has 0 saturated heterocycles. The molecule has 1 atom stereocenters. The summed E-state index contributed by atoms with van der Waals surface area (Å²) in [7, 11) is 2.29. The van der Waals surface area contributed by atoms with Crippen molar-refractivity contribution in [3.8, 4) is 0 Å². The Morgan fingerprint density at radius 3 is 2.00 bits per heavy atom. The van der Waals surface area contributed by atoms with Crippen molar-refractivity contribution in [3.05, 3.63) is 35.9 Å². The van der Waals surface area contributed by atoms with Crippen molar-refractivity contribution in [3.63, 3.8) is 0 Å². The van der Waals surface area contributed by atoms with E-state index in [-0.39, 0.29) is 5.92 Å². The molecule has 0 heterocycles. The van der Waals surface area contributed by atoms with Gasteiger partial charge >= 0.3 is 8.80 Å². The molecule has 0 amide bonds. The van der Waals surface area contributed by atoms with Gasteiger partial charge in [-0.25, -0.2) is 0 Å². The molecular weight excluding hydrogens is 256 g/mol. The molecule has 1 aromatic carbocycles. The smallest absolute Gasteiger partial charge is 0.377 e. The Morgan fingerprint density at radius 1 is 1.06 bits per heavy atom. The summed E-state index contributed by atoms with van der Waals surface area (Å²) < 4.78 is 16.3. The van der Waals surface area contributed by atoms with Crippen molar-refractivity contribution in [1.29, 1.82) is 0 Å². The van der Waals surface area contributed by atoms with Gasteiger partial charge in [0.2, 0.25) is 0 Å². The largest absolute Gasteiger partial charge is 0.500 e. The first-order valence-corrected chi connectivity index (χ1v) is 7.94. The first-order chi connectivity index (χ1) is 8.21. The second-order valence-corrected chi connectivity index (χ2v) is 7.07. The van der Waals surface area contributed by atoms with E-state index in [0.29, 0.717) is 11.9 Å². The summed E-state index contributed by atoms with van der Waals surface area (Å²) in [6, 6.07) is 10.8. The fourth-order valence-corrected chi connectivity index (χ4v) is 4.24. The van der Waals surface area contributed by atoms with Crippen LogP contribution in [-0.4, -0.2) is 36.0 Å². The van der Waals surface area contributed by atoms with Gasteiger partial charge in [0, 0.05) is 39.2 Å². The van der Waals surface area contributed by atoms with E-state index in [0.717, 1.165) is 0 Å². The number of rotatable bonds is 7. The van der Waals surface area contributed by atoms with E-state index < -0.39 is 8.80 Å². The molecule has 0 bridgehead atoms. The standard InChI is InChI=1S/C12H19ClO3Si/c1-14-17(15-2,16-3)10-12(9-13)11-7-5-4-6-8-11/h4-8,12H,9-10H2,1-3H3/t12-/m1/s1. The van der Waals surface area contributed by atoms with Gasteiger partial charge in [0.15, 0.2) is 0 Å². The molecule has 0 fully saturated rings. The number of hydrogen-bond acceptors (Lipinski definition) is 3. The lowest BCUT2D eigenvalue weighted by molar-refractivity contribution is 0.122. The van der Waals surface area contributed by atoms with Gasteiger partial charge in [-0.15, -0.1) is 11.6 Å². The highest BCUT2D eigenvalue weighted by Crippen LogP contribution is 2.28. The molecule has 1 aromatic rings. The topological polar surface area (TPSA) is 27.7 Å². The van der Waals surface area contributed by atoms with E-state index >= 15 is 0 Å². The minimum atomic E-state index is -2.57. The van der Waals surface area contributed by atoms with Crippen molar-refractivity contribution < 1.29 is 13.3 Å². The van der Waals surface area contributed by atoms with Crippen LogP contribution in [0.25, 0.3) is 0 Å². The van der Waals surface area contributed by atoms with Gasteiger partial charge in [-0.2, -0.15) is 0 Å². The summed E-state index contributed by atoms with van der Waals surface area (Å²) in [5, 5.41) is 0. The van der Waals surface area contributed by atoms with E-state index in [1.165, 1.54) is 5.56 Å². The Bertz CT molecular complexity index is 309. The first kappa shape index (κ1) is 14.7. The molecule has 0 aliphatic heterocycles. The van der Waals surface area contributed by atoms with Crippen molar-refractivity contribution in [2.75, 3.05) is 27.2 Å². The van der Waals surface area contributed by atoms with Gasteiger partial charge in [0.25, 0.3) is 0 Å². The molecule has 0 radical (unpaired) electrons. The molecule has 0 N–H and O–H groups in total.